The van der Waals surface area contributed by atoms with Crippen LogP contribution in [-0.4, -0.2) is 20.2 Å². The first-order valence-electron chi connectivity index (χ1n) is 4.55. The van der Waals surface area contributed by atoms with Gasteiger partial charge in [0.05, 0.1) is 9.75 Å². The fraction of sp³-hybridized carbons (Fsp3) is 0.556. The lowest BCUT2D eigenvalue weighted by Gasteiger charge is -2.24. The van der Waals surface area contributed by atoms with Gasteiger partial charge < -0.3 is 0 Å². The molecular weight excluding hydrogens is 280 g/mol. The highest BCUT2D eigenvalue weighted by Crippen LogP contribution is 2.37. The number of nitro groups is 2. The fourth-order valence-electron chi connectivity index (χ4n) is 1.91. The molecule has 0 radical (unpaired) electrons. The van der Waals surface area contributed by atoms with Gasteiger partial charge in [0.1, 0.15) is 0 Å². The molecule has 2 atom stereocenters. The van der Waals surface area contributed by atoms with Crippen LogP contribution < -0.4 is 0 Å². The van der Waals surface area contributed by atoms with Gasteiger partial charge in [-0.15, -0.1) is 0 Å². The Hall–Kier alpha value is -1.24. The van der Waals surface area contributed by atoms with Crippen molar-refractivity contribution in [3.8, 4) is 0 Å². The summed E-state index contributed by atoms with van der Waals surface area (Å²) >= 11 is 3.28. The van der Waals surface area contributed by atoms with E-state index in [4.69, 9.17) is 0 Å². The highest BCUT2D eigenvalue weighted by molar-refractivity contribution is 9.09. The first-order chi connectivity index (χ1) is 7.21. The third kappa shape index (κ3) is 1.75. The lowest BCUT2D eigenvalue weighted by atomic mass is 9.85. The van der Waals surface area contributed by atoms with Gasteiger partial charge in [0.15, 0.2) is 0 Å². The van der Waals surface area contributed by atoms with Crippen LogP contribution in [0.2, 0.25) is 0 Å². The summed E-state index contributed by atoms with van der Waals surface area (Å²) < 4.78 is 0. The molecule has 7 heteroatoms. The smallest absolute Gasteiger partial charge is 0.263 e. The van der Waals surface area contributed by atoms with Crippen molar-refractivity contribution in [1.82, 2.24) is 0 Å². The summed E-state index contributed by atoms with van der Waals surface area (Å²) in [5.74, 6) is 0. The Kier molecular flexibility index (Phi) is 3.18. The lowest BCUT2D eigenvalue weighted by molar-refractivity contribution is -0.580. The first-order valence-corrected chi connectivity index (χ1v) is 5.47. The van der Waals surface area contributed by atoms with Crippen molar-refractivity contribution in [2.75, 3.05) is 0 Å². The van der Waals surface area contributed by atoms with E-state index in [0.29, 0.717) is 11.1 Å². The molecule has 0 aromatic carbocycles. The zero-order valence-corrected chi connectivity index (χ0v) is 10.6. The van der Waals surface area contributed by atoms with Gasteiger partial charge in [-0.2, -0.15) is 0 Å². The Bertz CT molecular complexity index is 429. The van der Waals surface area contributed by atoms with Crippen molar-refractivity contribution in [2.45, 2.75) is 31.1 Å². The maximum atomic E-state index is 11.0. The van der Waals surface area contributed by atoms with Crippen LogP contribution in [0.5, 0.6) is 0 Å². The summed E-state index contributed by atoms with van der Waals surface area (Å²) in [7, 11) is 0. The van der Waals surface area contributed by atoms with Crippen molar-refractivity contribution in [2.24, 2.45) is 0 Å². The van der Waals surface area contributed by atoms with Crippen molar-refractivity contribution in [1.29, 1.82) is 0 Å². The molecule has 0 aromatic heterocycles. The van der Waals surface area contributed by atoms with E-state index in [2.05, 4.69) is 15.9 Å². The molecule has 1 aliphatic rings. The molecular formula is C9H11BrN2O4. The Morgan fingerprint density at radius 3 is 2.25 bits per heavy atom. The van der Waals surface area contributed by atoms with Gasteiger partial charge in [0.25, 0.3) is 0 Å². The number of alkyl halides is 1. The maximum absolute atomic E-state index is 11.0. The quantitative estimate of drug-likeness (QED) is 0.338. The maximum Gasteiger partial charge on any atom is 0.326 e. The predicted molar refractivity (Wildman–Crippen MR) is 61.6 cm³/mol. The van der Waals surface area contributed by atoms with E-state index in [1.54, 1.807) is 6.92 Å². The van der Waals surface area contributed by atoms with Crippen LogP contribution in [0.15, 0.2) is 22.9 Å². The Morgan fingerprint density at radius 2 is 1.88 bits per heavy atom. The average molecular weight is 291 g/mol. The molecule has 0 heterocycles. The number of halogens is 1. The number of hydrogen-bond donors (Lipinski definition) is 0. The zero-order chi connectivity index (χ0) is 12.7. The summed E-state index contributed by atoms with van der Waals surface area (Å²) in [6, 6.07) is 0. The van der Waals surface area contributed by atoms with E-state index in [-0.39, 0.29) is 10.5 Å². The van der Waals surface area contributed by atoms with Crippen molar-refractivity contribution >= 4 is 15.9 Å². The van der Waals surface area contributed by atoms with E-state index in [1.807, 2.05) is 0 Å². The molecule has 0 bridgehead atoms. The molecule has 0 spiro atoms. The van der Waals surface area contributed by atoms with Gasteiger partial charge in [-0.3, -0.25) is 20.2 Å². The highest BCUT2D eigenvalue weighted by atomic mass is 79.9. The lowest BCUT2D eigenvalue weighted by Crippen LogP contribution is -2.42. The molecule has 2 unspecified atom stereocenters. The van der Waals surface area contributed by atoms with E-state index in [0.717, 1.165) is 0 Å². The van der Waals surface area contributed by atoms with E-state index >= 15 is 0 Å². The molecule has 16 heavy (non-hydrogen) atoms. The van der Waals surface area contributed by atoms with Gasteiger partial charge in [-0.05, 0) is 13.8 Å². The third-order valence-corrected chi connectivity index (χ3v) is 4.11. The van der Waals surface area contributed by atoms with E-state index < -0.39 is 15.4 Å². The molecule has 6 nitrogen and oxygen atoms in total. The van der Waals surface area contributed by atoms with Gasteiger partial charge in [-0.1, -0.05) is 21.5 Å². The summed E-state index contributed by atoms with van der Waals surface area (Å²) in [6.45, 7) is 4.49. The Labute approximate surface area is 100 Å². The van der Waals surface area contributed by atoms with Crippen molar-refractivity contribution < 1.29 is 9.85 Å². The van der Waals surface area contributed by atoms with Crippen LogP contribution in [0.3, 0.4) is 0 Å². The zero-order valence-electron chi connectivity index (χ0n) is 9.06. The Morgan fingerprint density at radius 1 is 1.38 bits per heavy atom. The van der Waals surface area contributed by atoms with Gasteiger partial charge in [0.2, 0.25) is 0 Å². The summed E-state index contributed by atoms with van der Waals surface area (Å²) in [4.78, 5) is 20.3. The highest BCUT2D eigenvalue weighted by Gasteiger charge is 2.53. The average Bonchev–Trinajstić information content (AvgIpc) is 2.13. The van der Waals surface area contributed by atoms with Gasteiger partial charge >= 0.3 is 11.2 Å². The third-order valence-electron chi connectivity index (χ3n) is 2.70. The van der Waals surface area contributed by atoms with E-state index in [1.165, 1.54) is 19.9 Å². The standard InChI is InChI=1S/C9H11BrN2O4/c1-5-4-9(3,12(15)16)8(11(13)14)6(2)7(5)10/h4,7H,1-3H3. The second kappa shape index (κ2) is 3.97. The minimum atomic E-state index is -1.75. The van der Waals surface area contributed by atoms with Gasteiger partial charge in [-0.25, -0.2) is 0 Å². The number of nitrogens with zero attached hydrogens (tertiary/aromatic N) is 2. The van der Waals surface area contributed by atoms with Crippen LogP contribution in [0.1, 0.15) is 20.8 Å². The molecule has 0 saturated carbocycles. The SMILES string of the molecule is CC1=CC(C)([N+](=O)[O-])C([N+](=O)[O-])=C(C)C1Br. The van der Waals surface area contributed by atoms with Crippen LogP contribution in [0.4, 0.5) is 0 Å². The second-order valence-corrected chi connectivity index (χ2v) is 4.86. The van der Waals surface area contributed by atoms with Crippen LogP contribution >= 0.6 is 15.9 Å². The second-order valence-electron chi connectivity index (χ2n) is 3.94. The summed E-state index contributed by atoms with van der Waals surface area (Å²) in [5.41, 5.74) is -1.02. The number of hydrogen-bond acceptors (Lipinski definition) is 4. The minimum Gasteiger partial charge on any atom is -0.263 e. The first kappa shape index (κ1) is 12.8. The van der Waals surface area contributed by atoms with Crippen LogP contribution in [-0.2, 0) is 0 Å². The topological polar surface area (TPSA) is 86.3 Å². The molecule has 0 aliphatic heterocycles. The van der Waals surface area contributed by atoms with Crippen LogP contribution in [0.25, 0.3) is 0 Å². The molecule has 0 fully saturated rings. The molecule has 1 aliphatic carbocycles. The molecule has 0 amide bonds. The van der Waals surface area contributed by atoms with Crippen LogP contribution in [0, 0.1) is 20.2 Å². The fourth-order valence-corrected chi connectivity index (χ4v) is 2.26. The molecule has 0 saturated heterocycles. The molecule has 1 rings (SSSR count). The van der Waals surface area contributed by atoms with E-state index in [9.17, 15) is 20.2 Å². The predicted octanol–water partition coefficient (Wildman–Crippen LogP) is 2.30. The molecule has 0 aromatic rings. The number of rotatable bonds is 2. The van der Waals surface area contributed by atoms with Gasteiger partial charge in [0, 0.05) is 23.5 Å². The van der Waals surface area contributed by atoms with Crippen molar-refractivity contribution in [3.05, 3.63) is 43.1 Å². The Balaban J connectivity index is 3.48. The minimum absolute atomic E-state index is 0.305. The number of allylic oxidation sites excluding steroid dienone is 2. The largest absolute Gasteiger partial charge is 0.326 e. The normalized spacial score (nSPS) is 30.0. The monoisotopic (exact) mass is 290 g/mol. The molecule has 88 valence electrons. The molecule has 0 N–H and O–H groups in total. The summed E-state index contributed by atoms with van der Waals surface area (Å²) in [6.07, 6.45) is 1.33. The summed E-state index contributed by atoms with van der Waals surface area (Å²) in [5, 5.41) is 21.9. The van der Waals surface area contributed by atoms with Crippen molar-refractivity contribution in [3.63, 3.8) is 0 Å².